The minimum Gasteiger partial charge on any atom is -0.497 e. The second-order valence-corrected chi connectivity index (χ2v) is 6.46. The third-order valence-electron chi connectivity index (χ3n) is 3.90. The number of methoxy groups -OCH3 is 2. The van der Waals surface area contributed by atoms with Crippen LogP contribution >= 0.6 is 11.8 Å². The molecule has 1 aliphatic rings. The Morgan fingerprint density at radius 2 is 2.04 bits per heavy atom. The summed E-state index contributed by atoms with van der Waals surface area (Å²) in [6, 6.07) is 9.57. The average Bonchev–Trinajstić information content (AvgIpc) is 3.25. The molecule has 0 aliphatic carbocycles. The van der Waals surface area contributed by atoms with E-state index in [0.29, 0.717) is 6.54 Å². The number of aromatic nitrogens is 1. The lowest BCUT2D eigenvalue weighted by atomic mass is 10.1. The summed E-state index contributed by atoms with van der Waals surface area (Å²) in [5.41, 5.74) is 0.982. The van der Waals surface area contributed by atoms with Crippen molar-refractivity contribution < 1.29 is 14.3 Å². The largest absolute Gasteiger partial charge is 0.497 e. The number of thioether (sulfide) groups is 1. The maximum Gasteiger partial charge on any atom is 0.243 e. The molecule has 2 aromatic rings. The molecule has 1 amide bonds. The van der Waals surface area contributed by atoms with Crippen molar-refractivity contribution in [2.45, 2.75) is 11.9 Å². The number of carbonyl (C=O) groups is 1. The molecule has 1 aromatic carbocycles. The average molecular weight is 332 g/mol. The number of benzene rings is 1. The molecule has 1 aliphatic heterocycles. The number of carbonyl (C=O) groups excluding carboxylic acids is 1. The van der Waals surface area contributed by atoms with Gasteiger partial charge in [-0.1, -0.05) is 0 Å². The fraction of sp³-hybridized carbons (Fsp3) is 0.353. The van der Waals surface area contributed by atoms with Crippen molar-refractivity contribution in [1.29, 1.82) is 0 Å². The molecule has 0 saturated carbocycles. The molecule has 1 saturated heterocycles. The summed E-state index contributed by atoms with van der Waals surface area (Å²) in [5.74, 6) is 2.58. The van der Waals surface area contributed by atoms with E-state index in [4.69, 9.17) is 9.47 Å². The van der Waals surface area contributed by atoms with Crippen molar-refractivity contribution in [3.05, 3.63) is 48.3 Å². The molecule has 0 bridgehead atoms. The number of nitrogens with zero attached hydrogens (tertiary/aromatic N) is 2. The molecule has 5 nitrogen and oxygen atoms in total. The molecule has 0 radical (unpaired) electrons. The zero-order valence-electron chi connectivity index (χ0n) is 13.3. The molecule has 1 atom stereocenters. The molecule has 122 valence electrons. The van der Waals surface area contributed by atoms with E-state index in [2.05, 4.69) is 0 Å². The van der Waals surface area contributed by atoms with Crippen molar-refractivity contribution >= 4 is 17.7 Å². The van der Waals surface area contributed by atoms with Gasteiger partial charge in [-0.25, -0.2) is 0 Å². The van der Waals surface area contributed by atoms with Crippen LogP contribution in [0.5, 0.6) is 11.5 Å². The molecule has 1 fully saturated rings. The van der Waals surface area contributed by atoms with Gasteiger partial charge in [-0.3, -0.25) is 4.79 Å². The SMILES string of the molecule is COc1ccc(OC)c(C2SCCN2C(=O)Cn2cccc2)c1. The molecule has 1 unspecified atom stereocenters. The first-order chi connectivity index (χ1) is 11.2. The molecular weight excluding hydrogens is 312 g/mol. The second kappa shape index (κ2) is 7.00. The highest BCUT2D eigenvalue weighted by atomic mass is 32.2. The van der Waals surface area contributed by atoms with Crippen LogP contribution in [0.3, 0.4) is 0 Å². The molecule has 6 heteroatoms. The van der Waals surface area contributed by atoms with Crippen LogP contribution in [-0.2, 0) is 11.3 Å². The Balaban J connectivity index is 1.85. The Morgan fingerprint density at radius 3 is 2.74 bits per heavy atom. The Kier molecular flexibility index (Phi) is 4.81. The topological polar surface area (TPSA) is 43.7 Å². The second-order valence-electron chi connectivity index (χ2n) is 5.27. The van der Waals surface area contributed by atoms with Crippen LogP contribution in [0.25, 0.3) is 0 Å². The minimum absolute atomic E-state index is 0.0388. The number of hydrogen-bond donors (Lipinski definition) is 0. The van der Waals surface area contributed by atoms with Gasteiger partial charge < -0.3 is 18.9 Å². The van der Waals surface area contributed by atoms with E-state index in [1.165, 1.54) is 0 Å². The Morgan fingerprint density at radius 1 is 1.26 bits per heavy atom. The van der Waals surface area contributed by atoms with Crippen LogP contribution in [0, 0.1) is 0 Å². The standard InChI is InChI=1S/C17H20N2O3S/c1-21-13-5-6-15(22-2)14(11-13)17-19(9-10-23-17)16(20)12-18-7-3-4-8-18/h3-8,11,17H,9-10,12H2,1-2H3. The molecule has 2 heterocycles. The van der Waals surface area contributed by atoms with Gasteiger partial charge in [0.2, 0.25) is 5.91 Å². The van der Waals surface area contributed by atoms with E-state index in [1.54, 1.807) is 26.0 Å². The van der Waals surface area contributed by atoms with E-state index >= 15 is 0 Å². The summed E-state index contributed by atoms with van der Waals surface area (Å²) < 4.78 is 12.7. The molecule has 0 N–H and O–H groups in total. The Bertz CT molecular complexity index is 672. The van der Waals surface area contributed by atoms with Gasteiger partial charge in [-0.2, -0.15) is 0 Å². The van der Waals surface area contributed by atoms with Gasteiger partial charge in [0.15, 0.2) is 0 Å². The maximum atomic E-state index is 12.7. The first-order valence-corrected chi connectivity index (χ1v) is 8.51. The first-order valence-electron chi connectivity index (χ1n) is 7.46. The molecule has 23 heavy (non-hydrogen) atoms. The molecule has 0 spiro atoms. The number of amides is 1. The lowest BCUT2D eigenvalue weighted by Gasteiger charge is -2.26. The van der Waals surface area contributed by atoms with Crippen LogP contribution in [0.2, 0.25) is 0 Å². The fourth-order valence-corrected chi connectivity index (χ4v) is 4.03. The summed E-state index contributed by atoms with van der Waals surface area (Å²) >= 11 is 1.75. The Hall–Kier alpha value is -2.08. The quantitative estimate of drug-likeness (QED) is 0.844. The lowest BCUT2D eigenvalue weighted by molar-refractivity contribution is -0.132. The number of ether oxygens (including phenoxy) is 2. The summed E-state index contributed by atoms with van der Waals surface area (Å²) in [5, 5.41) is -0.0388. The highest BCUT2D eigenvalue weighted by molar-refractivity contribution is 7.99. The van der Waals surface area contributed by atoms with E-state index in [-0.39, 0.29) is 11.3 Å². The highest BCUT2D eigenvalue weighted by Crippen LogP contribution is 2.43. The van der Waals surface area contributed by atoms with E-state index in [9.17, 15) is 4.79 Å². The predicted molar refractivity (Wildman–Crippen MR) is 90.9 cm³/mol. The Labute approximate surface area is 140 Å². The van der Waals surface area contributed by atoms with Crippen molar-refractivity contribution in [3.8, 4) is 11.5 Å². The summed E-state index contributed by atoms with van der Waals surface area (Å²) in [4.78, 5) is 14.6. The van der Waals surface area contributed by atoms with Gasteiger partial charge in [-0.05, 0) is 30.3 Å². The highest BCUT2D eigenvalue weighted by Gasteiger charge is 2.32. The van der Waals surface area contributed by atoms with Gasteiger partial charge >= 0.3 is 0 Å². The van der Waals surface area contributed by atoms with Crippen molar-refractivity contribution in [2.24, 2.45) is 0 Å². The first kappa shape index (κ1) is 15.8. The zero-order valence-corrected chi connectivity index (χ0v) is 14.1. The van der Waals surface area contributed by atoms with Gasteiger partial charge in [0.1, 0.15) is 23.4 Å². The smallest absolute Gasteiger partial charge is 0.243 e. The van der Waals surface area contributed by atoms with Gasteiger partial charge in [0.25, 0.3) is 0 Å². The zero-order chi connectivity index (χ0) is 16.2. The van der Waals surface area contributed by atoms with Gasteiger partial charge in [0.05, 0.1) is 14.2 Å². The van der Waals surface area contributed by atoms with Crippen molar-refractivity contribution in [3.63, 3.8) is 0 Å². The third kappa shape index (κ3) is 3.32. The number of rotatable bonds is 5. The molecule has 3 rings (SSSR count). The van der Waals surface area contributed by atoms with Crippen LogP contribution < -0.4 is 9.47 Å². The molecular formula is C17H20N2O3S. The minimum atomic E-state index is -0.0388. The predicted octanol–water partition coefficient (Wildman–Crippen LogP) is 2.78. The molecule has 1 aromatic heterocycles. The third-order valence-corrected chi connectivity index (χ3v) is 5.14. The number of hydrogen-bond acceptors (Lipinski definition) is 4. The van der Waals surface area contributed by atoms with E-state index in [0.717, 1.165) is 29.4 Å². The normalized spacial score (nSPS) is 17.3. The van der Waals surface area contributed by atoms with Crippen LogP contribution in [0.4, 0.5) is 0 Å². The summed E-state index contributed by atoms with van der Waals surface area (Å²) in [6.45, 7) is 1.10. The fourth-order valence-electron chi connectivity index (χ4n) is 2.74. The van der Waals surface area contributed by atoms with Crippen molar-refractivity contribution in [1.82, 2.24) is 9.47 Å². The summed E-state index contributed by atoms with van der Waals surface area (Å²) in [6.07, 6.45) is 3.81. The lowest BCUT2D eigenvalue weighted by Crippen LogP contribution is -2.33. The van der Waals surface area contributed by atoms with Gasteiger partial charge in [0, 0.05) is 30.3 Å². The maximum absolute atomic E-state index is 12.7. The van der Waals surface area contributed by atoms with E-state index < -0.39 is 0 Å². The van der Waals surface area contributed by atoms with Crippen LogP contribution in [0.1, 0.15) is 10.9 Å². The van der Waals surface area contributed by atoms with E-state index in [1.807, 2.05) is 52.2 Å². The van der Waals surface area contributed by atoms with Crippen molar-refractivity contribution in [2.75, 3.05) is 26.5 Å². The summed E-state index contributed by atoms with van der Waals surface area (Å²) in [7, 11) is 3.29. The van der Waals surface area contributed by atoms with Gasteiger partial charge in [-0.15, -0.1) is 11.8 Å². The van der Waals surface area contributed by atoms with Crippen LogP contribution in [0.15, 0.2) is 42.7 Å². The monoisotopic (exact) mass is 332 g/mol. The van der Waals surface area contributed by atoms with Crippen LogP contribution in [-0.4, -0.2) is 41.9 Å².